The molecule has 8 heteroatoms. The lowest BCUT2D eigenvalue weighted by Crippen LogP contribution is -2.33. The van der Waals surface area contributed by atoms with Crippen LogP contribution >= 0.6 is 11.8 Å². The normalized spacial score (nSPS) is 12.6. The van der Waals surface area contributed by atoms with Gasteiger partial charge in [0.05, 0.1) is 16.7 Å². The molecule has 0 aliphatic carbocycles. The van der Waals surface area contributed by atoms with E-state index in [-0.39, 0.29) is 16.1 Å². The Kier molecular flexibility index (Phi) is 7.70. The number of carbonyl (C=O) groups is 1. The molecule has 2 aromatic carbocycles. The van der Waals surface area contributed by atoms with Crippen LogP contribution in [-0.4, -0.2) is 51.1 Å². The number of thioether (sulfide) groups is 1. The number of benzene rings is 2. The second-order valence-corrected chi connectivity index (χ2v) is 9.54. The van der Waals surface area contributed by atoms with E-state index in [2.05, 4.69) is 5.32 Å². The minimum absolute atomic E-state index is 0.0557. The molecule has 1 unspecified atom stereocenters. The van der Waals surface area contributed by atoms with E-state index in [0.717, 1.165) is 9.20 Å². The van der Waals surface area contributed by atoms with Gasteiger partial charge >= 0.3 is 0 Å². The number of carbonyl (C=O) groups excluding carboxylic acids is 1. The second kappa shape index (κ2) is 9.77. The van der Waals surface area contributed by atoms with Crippen LogP contribution in [0.3, 0.4) is 0 Å². The summed E-state index contributed by atoms with van der Waals surface area (Å²) in [7, 11) is -0.476. The van der Waals surface area contributed by atoms with Gasteiger partial charge in [-0.05, 0) is 43.3 Å². The molecular formula is C19H24N2O4S2. The summed E-state index contributed by atoms with van der Waals surface area (Å²) in [6.45, 7) is 2.53. The van der Waals surface area contributed by atoms with E-state index >= 15 is 0 Å². The molecule has 0 radical (unpaired) electrons. The largest absolute Gasteiger partial charge is 0.492 e. The van der Waals surface area contributed by atoms with Crippen LogP contribution in [0.5, 0.6) is 5.75 Å². The first-order chi connectivity index (χ1) is 12.8. The molecule has 0 saturated carbocycles. The predicted molar refractivity (Wildman–Crippen MR) is 108 cm³/mol. The van der Waals surface area contributed by atoms with E-state index < -0.39 is 10.0 Å². The lowest BCUT2D eigenvalue weighted by atomic mass is 10.3. The fraction of sp³-hybridized carbons (Fsp3) is 0.316. The van der Waals surface area contributed by atoms with Crippen LogP contribution in [0.15, 0.2) is 64.4 Å². The van der Waals surface area contributed by atoms with Gasteiger partial charge in [0.1, 0.15) is 12.4 Å². The minimum atomic E-state index is -3.45. The lowest BCUT2D eigenvalue weighted by molar-refractivity contribution is -0.120. The zero-order valence-electron chi connectivity index (χ0n) is 15.6. The average molecular weight is 409 g/mol. The van der Waals surface area contributed by atoms with Crippen molar-refractivity contribution in [2.24, 2.45) is 0 Å². The van der Waals surface area contributed by atoms with Gasteiger partial charge in [-0.3, -0.25) is 4.79 Å². The zero-order valence-corrected chi connectivity index (χ0v) is 17.2. The number of rotatable bonds is 9. The number of nitrogens with one attached hydrogen (secondary N) is 1. The molecule has 0 aliphatic heterocycles. The monoisotopic (exact) mass is 408 g/mol. The standard InChI is InChI=1S/C19H24N2O4S2/c1-15(26-17-7-5-4-6-8-17)19(22)20-13-14-25-16-9-11-18(12-10-16)27(23,24)21(2)3/h4-12,15H,13-14H2,1-3H3,(H,20,22). The van der Waals surface area contributed by atoms with Crippen LogP contribution in [-0.2, 0) is 14.8 Å². The Morgan fingerprint density at radius 1 is 1.11 bits per heavy atom. The Balaban J connectivity index is 1.75. The highest BCUT2D eigenvalue weighted by Gasteiger charge is 2.17. The summed E-state index contributed by atoms with van der Waals surface area (Å²) in [5.74, 6) is 0.494. The van der Waals surface area contributed by atoms with Gasteiger partial charge in [0.25, 0.3) is 0 Å². The molecular weight excluding hydrogens is 384 g/mol. The minimum Gasteiger partial charge on any atom is -0.492 e. The Morgan fingerprint density at radius 2 is 1.74 bits per heavy atom. The fourth-order valence-corrected chi connectivity index (χ4v) is 3.98. The van der Waals surface area contributed by atoms with Gasteiger partial charge in [-0.25, -0.2) is 12.7 Å². The lowest BCUT2D eigenvalue weighted by Gasteiger charge is -2.13. The van der Waals surface area contributed by atoms with Gasteiger partial charge in [-0.1, -0.05) is 18.2 Å². The molecule has 1 atom stereocenters. The number of hydrogen-bond acceptors (Lipinski definition) is 5. The highest BCUT2D eigenvalue weighted by Crippen LogP contribution is 2.22. The molecule has 1 amide bonds. The highest BCUT2D eigenvalue weighted by molar-refractivity contribution is 8.00. The maximum absolute atomic E-state index is 12.1. The first-order valence-electron chi connectivity index (χ1n) is 8.45. The van der Waals surface area contributed by atoms with Gasteiger partial charge < -0.3 is 10.1 Å². The summed E-state index contributed by atoms with van der Waals surface area (Å²) in [5.41, 5.74) is 0. The second-order valence-electron chi connectivity index (χ2n) is 5.97. The van der Waals surface area contributed by atoms with Crippen molar-refractivity contribution in [3.8, 4) is 5.75 Å². The van der Waals surface area contributed by atoms with E-state index in [1.165, 1.54) is 38.0 Å². The quantitative estimate of drug-likeness (QED) is 0.510. The van der Waals surface area contributed by atoms with Crippen molar-refractivity contribution in [1.82, 2.24) is 9.62 Å². The van der Waals surface area contributed by atoms with Crippen molar-refractivity contribution in [2.45, 2.75) is 22.0 Å². The van der Waals surface area contributed by atoms with E-state index in [1.807, 2.05) is 37.3 Å². The number of hydrogen-bond donors (Lipinski definition) is 1. The molecule has 27 heavy (non-hydrogen) atoms. The molecule has 0 heterocycles. The Bertz CT molecular complexity index is 838. The molecule has 6 nitrogen and oxygen atoms in total. The maximum Gasteiger partial charge on any atom is 0.242 e. The Hall–Kier alpha value is -2.03. The number of sulfonamides is 1. The van der Waals surface area contributed by atoms with E-state index in [9.17, 15) is 13.2 Å². The van der Waals surface area contributed by atoms with E-state index in [0.29, 0.717) is 18.9 Å². The first-order valence-corrected chi connectivity index (χ1v) is 10.8. The Labute approximate surface area is 165 Å². The average Bonchev–Trinajstić information content (AvgIpc) is 2.66. The van der Waals surface area contributed by atoms with Gasteiger partial charge in [0, 0.05) is 19.0 Å². The molecule has 0 bridgehead atoms. The van der Waals surface area contributed by atoms with Crippen LogP contribution in [0.25, 0.3) is 0 Å². The third-order valence-electron chi connectivity index (χ3n) is 3.70. The van der Waals surface area contributed by atoms with Crippen LogP contribution in [0.2, 0.25) is 0 Å². The molecule has 1 N–H and O–H groups in total. The predicted octanol–water partition coefficient (Wildman–Crippen LogP) is 2.61. The fourth-order valence-electron chi connectivity index (χ4n) is 2.16. The summed E-state index contributed by atoms with van der Waals surface area (Å²) in [4.78, 5) is 13.4. The van der Waals surface area contributed by atoms with Crippen molar-refractivity contribution >= 4 is 27.7 Å². The smallest absolute Gasteiger partial charge is 0.242 e. The molecule has 0 spiro atoms. The van der Waals surface area contributed by atoms with Crippen molar-refractivity contribution in [3.05, 3.63) is 54.6 Å². The molecule has 2 aromatic rings. The summed E-state index contributed by atoms with van der Waals surface area (Å²) in [6, 6.07) is 16.0. The Morgan fingerprint density at radius 3 is 2.33 bits per heavy atom. The van der Waals surface area contributed by atoms with Crippen LogP contribution in [0.4, 0.5) is 0 Å². The zero-order chi connectivity index (χ0) is 19.9. The van der Waals surface area contributed by atoms with Gasteiger partial charge in [-0.2, -0.15) is 0 Å². The SMILES string of the molecule is CC(Sc1ccccc1)C(=O)NCCOc1ccc(S(=O)(=O)N(C)C)cc1. The molecule has 0 fully saturated rings. The number of ether oxygens (including phenoxy) is 1. The number of nitrogens with zero attached hydrogens (tertiary/aromatic N) is 1. The summed E-state index contributed by atoms with van der Waals surface area (Å²) < 4.78 is 30.7. The molecule has 0 aliphatic rings. The third-order valence-corrected chi connectivity index (χ3v) is 6.64. The van der Waals surface area contributed by atoms with Crippen LogP contribution in [0, 0.1) is 0 Å². The van der Waals surface area contributed by atoms with Crippen molar-refractivity contribution < 1.29 is 17.9 Å². The van der Waals surface area contributed by atoms with Crippen LogP contribution in [0.1, 0.15) is 6.92 Å². The van der Waals surface area contributed by atoms with E-state index in [1.54, 1.807) is 12.1 Å². The molecule has 2 rings (SSSR count). The van der Waals surface area contributed by atoms with Gasteiger partial charge in [0.2, 0.25) is 15.9 Å². The molecule has 0 aromatic heterocycles. The molecule has 146 valence electrons. The topological polar surface area (TPSA) is 75.7 Å². The number of amides is 1. The summed E-state index contributed by atoms with van der Waals surface area (Å²) >= 11 is 1.50. The van der Waals surface area contributed by atoms with Gasteiger partial charge in [-0.15, -0.1) is 11.8 Å². The van der Waals surface area contributed by atoms with Gasteiger partial charge in [0.15, 0.2) is 0 Å². The maximum atomic E-state index is 12.1. The summed E-state index contributed by atoms with van der Waals surface area (Å²) in [5, 5.41) is 2.63. The third kappa shape index (κ3) is 6.27. The highest BCUT2D eigenvalue weighted by atomic mass is 32.2. The van der Waals surface area contributed by atoms with Crippen LogP contribution < -0.4 is 10.1 Å². The van der Waals surface area contributed by atoms with Crippen molar-refractivity contribution in [3.63, 3.8) is 0 Å². The first kappa shape index (κ1) is 21.3. The molecule has 0 saturated heterocycles. The van der Waals surface area contributed by atoms with Crippen molar-refractivity contribution in [1.29, 1.82) is 0 Å². The summed E-state index contributed by atoms with van der Waals surface area (Å²) in [6.07, 6.45) is 0. The van der Waals surface area contributed by atoms with E-state index in [4.69, 9.17) is 4.74 Å². The van der Waals surface area contributed by atoms with Crippen molar-refractivity contribution in [2.75, 3.05) is 27.2 Å².